The van der Waals surface area contributed by atoms with E-state index in [1.54, 1.807) is 0 Å². The van der Waals surface area contributed by atoms with Crippen molar-refractivity contribution >= 4 is 15.9 Å². The summed E-state index contributed by atoms with van der Waals surface area (Å²) >= 11 is 0. The first-order valence-corrected chi connectivity index (χ1v) is 10.8. The molecule has 1 aromatic carbocycles. The Bertz CT molecular complexity index is 978. The second kappa shape index (κ2) is 8.70. The van der Waals surface area contributed by atoms with Crippen LogP contribution in [-0.2, 0) is 27.9 Å². The molecule has 150 valence electrons. The van der Waals surface area contributed by atoms with Crippen LogP contribution < -0.4 is 10.9 Å². The van der Waals surface area contributed by atoms with Gasteiger partial charge in [0.25, 0.3) is 5.56 Å². The molecule has 2 heterocycles. The van der Waals surface area contributed by atoms with Crippen molar-refractivity contribution in [3.05, 3.63) is 64.6 Å². The number of carbonyl (C=O) groups is 1. The second-order valence-corrected chi connectivity index (χ2v) is 9.06. The predicted molar refractivity (Wildman–Crippen MR) is 106 cm³/mol. The Kier molecular flexibility index (Phi) is 6.31. The third-order valence-electron chi connectivity index (χ3n) is 4.99. The molecule has 2 aromatic rings. The van der Waals surface area contributed by atoms with Gasteiger partial charge in [-0.3, -0.25) is 9.59 Å². The van der Waals surface area contributed by atoms with Crippen LogP contribution in [0.25, 0.3) is 0 Å². The maximum atomic E-state index is 12.9. The van der Waals surface area contributed by atoms with Crippen molar-refractivity contribution < 1.29 is 13.2 Å². The average molecular weight is 404 g/mol. The number of nitrogens with one attached hydrogen (secondary N) is 1. The fourth-order valence-electron chi connectivity index (χ4n) is 3.21. The molecule has 1 aliphatic rings. The van der Waals surface area contributed by atoms with E-state index in [1.165, 1.54) is 22.6 Å². The minimum absolute atomic E-state index is 0.230. The highest BCUT2D eigenvalue weighted by molar-refractivity contribution is 7.89. The molecule has 1 N–H and O–H groups in total. The summed E-state index contributed by atoms with van der Waals surface area (Å²) in [5.41, 5.74) is 0.273. The van der Waals surface area contributed by atoms with Crippen LogP contribution in [0.1, 0.15) is 25.3 Å². The smallest absolute Gasteiger partial charge is 0.271 e. The van der Waals surface area contributed by atoms with E-state index in [1.807, 2.05) is 30.3 Å². The van der Waals surface area contributed by atoms with E-state index in [0.29, 0.717) is 25.6 Å². The van der Waals surface area contributed by atoms with Gasteiger partial charge in [-0.1, -0.05) is 37.3 Å². The van der Waals surface area contributed by atoms with Crippen LogP contribution in [0.4, 0.5) is 0 Å². The number of amides is 1. The number of hydrogen-bond donors (Lipinski definition) is 1. The normalized spacial score (nSPS) is 16.0. The number of nitrogens with zero attached hydrogens (tertiary/aromatic N) is 2. The molecule has 0 radical (unpaired) electrons. The molecule has 0 saturated carbocycles. The van der Waals surface area contributed by atoms with Gasteiger partial charge in [-0.05, 0) is 36.5 Å². The first-order valence-electron chi connectivity index (χ1n) is 9.38. The minimum atomic E-state index is -3.86. The van der Waals surface area contributed by atoms with Gasteiger partial charge in [-0.25, -0.2) is 8.42 Å². The van der Waals surface area contributed by atoms with Crippen molar-refractivity contribution in [2.45, 2.75) is 37.8 Å². The molecular weight excluding hydrogens is 378 g/mol. The largest absolute Gasteiger partial charge is 0.350 e. The van der Waals surface area contributed by atoms with Crippen molar-refractivity contribution in [3.63, 3.8) is 0 Å². The zero-order valence-electron chi connectivity index (χ0n) is 15.9. The number of pyridine rings is 1. The monoisotopic (exact) mass is 403 g/mol. The quantitative estimate of drug-likeness (QED) is 0.793. The van der Waals surface area contributed by atoms with Gasteiger partial charge < -0.3 is 9.88 Å². The van der Waals surface area contributed by atoms with Crippen molar-refractivity contribution in [2.24, 2.45) is 5.92 Å². The Morgan fingerprint density at radius 1 is 1.11 bits per heavy atom. The van der Waals surface area contributed by atoms with Crippen LogP contribution in [-0.4, -0.2) is 36.3 Å². The molecule has 7 nitrogen and oxygen atoms in total. The standard InChI is InChI=1S/C20H25N3O4S/c1-16-9-12-23(13-10-16)28(26,27)18-8-5-11-22(20(18)25)15-19(24)21-14-17-6-3-2-4-7-17/h2-8,11,16H,9-10,12-15H2,1H3,(H,21,24). The van der Waals surface area contributed by atoms with Gasteiger partial charge in [0, 0.05) is 25.8 Å². The van der Waals surface area contributed by atoms with Gasteiger partial charge in [0.1, 0.15) is 11.4 Å². The molecule has 1 saturated heterocycles. The van der Waals surface area contributed by atoms with Gasteiger partial charge in [-0.2, -0.15) is 4.31 Å². The van der Waals surface area contributed by atoms with Gasteiger partial charge in [0.2, 0.25) is 15.9 Å². The van der Waals surface area contributed by atoms with E-state index in [2.05, 4.69) is 12.2 Å². The Hall–Kier alpha value is -2.45. The maximum Gasteiger partial charge on any atom is 0.271 e. The first kappa shape index (κ1) is 20.3. The fourth-order valence-corrected chi connectivity index (χ4v) is 4.77. The Morgan fingerprint density at radius 3 is 2.46 bits per heavy atom. The summed E-state index contributed by atoms with van der Waals surface area (Å²) in [6, 6.07) is 12.2. The molecule has 0 spiro atoms. The summed E-state index contributed by atoms with van der Waals surface area (Å²) in [7, 11) is -3.86. The lowest BCUT2D eigenvalue weighted by Gasteiger charge is -2.29. The predicted octanol–water partition coefficient (Wildman–Crippen LogP) is 1.59. The molecule has 3 rings (SSSR count). The van der Waals surface area contributed by atoms with Gasteiger partial charge in [-0.15, -0.1) is 0 Å². The molecule has 1 aliphatic heterocycles. The zero-order valence-corrected chi connectivity index (χ0v) is 16.7. The SMILES string of the molecule is CC1CCN(S(=O)(=O)c2cccn(CC(=O)NCc3ccccc3)c2=O)CC1. The van der Waals surface area contributed by atoms with E-state index < -0.39 is 15.6 Å². The van der Waals surface area contributed by atoms with Crippen LogP contribution in [0.3, 0.4) is 0 Å². The molecule has 0 aliphatic carbocycles. The highest BCUT2D eigenvalue weighted by Crippen LogP contribution is 2.21. The minimum Gasteiger partial charge on any atom is -0.350 e. The lowest BCUT2D eigenvalue weighted by Crippen LogP contribution is -2.41. The summed E-state index contributed by atoms with van der Waals surface area (Å²) < 4.78 is 28.3. The van der Waals surface area contributed by atoms with Crippen molar-refractivity contribution in [2.75, 3.05) is 13.1 Å². The molecule has 0 unspecified atom stereocenters. The van der Waals surface area contributed by atoms with Crippen molar-refractivity contribution in [1.29, 1.82) is 0 Å². The van der Waals surface area contributed by atoms with Crippen LogP contribution in [0.5, 0.6) is 0 Å². The Balaban J connectivity index is 1.72. The number of rotatable bonds is 6. The summed E-state index contributed by atoms with van der Waals surface area (Å²) in [5, 5.41) is 2.74. The zero-order chi connectivity index (χ0) is 20.1. The van der Waals surface area contributed by atoms with Crippen LogP contribution >= 0.6 is 0 Å². The van der Waals surface area contributed by atoms with E-state index in [-0.39, 0.29) is 17.3 Å². The highest BCUT2D eigenvalue weighted by atomic mass is 32.2. The van der Waals surface area contributed by atoms with E-state index >= 15 is 0 Å². The van der Waals surface area contributed by atoms with E-state index in [0.717, 1.165) is 23.0 Å². The maximum absolute atomic E-state index is 12.9. The molecule has 1 aromatic heterocycles. The van der Waals surface area contributed by atoms with Gasteiger partial charge in [0.05, 0.1) is 0 Å². The summed E-state index contributed by atoms with van der Waals surface area (Å²) in [6.07, 6.45) is 2.99. The first-order chi connectivity index (χ1) is 13.4. The second-order valence-electron chi connectivity index (χ2n) is 7.15. The molecule has 0 bridgehead atoms. The van der Waals surface area contributed by atoms with Crippen molar-refractivity contribution in [3.8, 4) is 0 Å². The van der Waals surface area contributed by atoms with Crippen LogP contribution in [0, 0.1) is 5.92 Å². The molecule has 1 fully saturated rings. The van der Waals surface area contributed by atoms with Crippen LogP contribution in [0.2, 0.25) is 0 Å². The third-order valence-corrected chi connectivity index (χ3v) is 6.90. The average Bonchev–Trinajstić information content (AvgIpc) is 2.69. The van der Waals surface area contributed by atoms with Gasteiger partial charge >= 0.3 is 0 Å². The number of hydrogen-bond acceptors (Lipinski definition) is 4. The fraction of sp³-hybridized carbons (Fsp3) is 0.400. The van der Waals surface area contributed by atoms with E-state index in [9.17, 15) is 18.0 Å². The van der Waals surface area contributed by atoms with Gasteiger partial charge in [0.15, 0.2) is 0 Å². The van der Waals surface area contributed by atoms with E-state index in [4.69, 9.17) is 0 Å². The highest BCUT2D eigenvalue weighted by Gasteiger charge is 2.30. The summed E-state index contributed by atoms with van der Waals surface area (Å²) in [5.74, 6) is 0.125. The lowest BCUT2D eigenvalue weighted by atomic mass is 10.0. The summed E-state index contributed by atoms with van der Waals surface area (Å²) in [4.78, 5) is 24.6. The number of benzene rings is 1. The number of aromatic nitrogens is 1. The number of carbonyl (C=O) groups excluding carboxylic acids is 1. The third kappa shape index (κ3) is 4.69. The topological polar surface area (TPSA) is 88.5 Å². The Morgan fingerprint density at radius 2 is 1.79 bits per heavy atom. The molecule has 8 heteroatoms. The van der Waals surface area contributed by atoms with Crippen molar-refractivity contribution in [1.82, 2.24) is 14.2 Å². The lowest BCUT2D eigenvalue weighted by molar-refractivity contribution is -0.121. The number of piperidine rings is 1. The molecule has 1 amide bonds. The number of sulfonamides is 1. The Labute approximate surface area is 165 Å². The summed E-state index contributed by atoms with van der Waals surface area (Å²) in [6.45, 7) is 3.03. The molecule has 28 heavy (non-hydrogen) atoms. The molecular formula is C20H25N3O4S. The van der Waals surface area contributed by atoms with Crippen LogP contribution in [0.15, 0.2) is 58.4 Å². The molecule has 0 atom stereocenters.